The number of carbonyl (C=O) groups is 3. The lowest BCUT2D eigenvalue weighted by Crippen LogP contribution is -2.52. The smallest absolute Gasteiger partial charge is 0.294 e. The molecule has 2 N–H and O–H groups in total. The number of Topliss-reactive ketones (excluding diaryl/α,β-unsaturated/α-hetero) is 1. The zero-order chi connectivity index (χ0) is 26.0. The monoisotopic (exact) mass is 512 g/mol. The average Bonchev–Trinajstić information content (AvgIpc) is 3.26. The maximum atomic E-state index is 13.4. The van der Waals surface area contributed by atoms with Gasteiger partial charge in [0.05, 0.1) is 16.1 Å². The number of amides is 2. The molecule has 1 fully saturated rings. The van der Waals surface area contributed by atoms with Gasteiger partial charge in [-0.05, 0) is 49.7 Å². The summed E-state index contributed by atoms with van der Waals surface area (Å²) in [6.07, 6.45) is 5.29. The van der Waals surface area contributed by atoms with E-state index in [1.807, 2.05) is 7.05 Å². The topological polar surface area (TPSA) is 85.5 Å². The zero-order valence-corrected chi connectivity index (χ0v) is 21.4. The van der Waals surface area contributed by atoms with Gasteiger partial charge in [0.25, 0.3) is 17.6 Å². The van der Waals surface area contributed by atoms with Gasteiger partial charge >= 0.3 is 0 Å². The summed E-state index contributed by atoms with van der Waals surface area (Å²) in [7, 11) is 5.04. The highest BCUT2D eigenvalue weighted by atomic mass is 35.5. The van der Waals surface area contributed by atoms with Crippen molar-refractivity contribution in [1.29, 1.82) is 0 Å². The molecular formula is C27H30ClFN4O3. The van der Waals surface area contributed by atoms with Gasteiger partial charge in [-0.3, -0.25) is 19.3 Å². The van der Waals surface area contributed by atoms with Crippen molar-refractivity contribution in [1.82, 2.24) is 20.1 Å². The SMILES string of the molecule is CN(C)C(=O)C(=O)c1c[nH]c2cc(Cl)c(C(=O)NC3CCCCC3N(C)Cc3ccc(F)cc3)cc12. The molecule has 0 bridgehead atoms. The summed E-state index contributed by atoms with van der Waals surface area (Å²) in [6, 6.07) is 9.63. The lowest BCUT2D eigenvalue weighted by Gasteiger charge is -2.38. The van der Waals surface area contributed by atoms with E-state index in [4.69, 9.17) is 11.6 Å². The van der Waals surface area contributed by atoms with E-state index in [0.717, 1.165) is 31.2 Å². The molecule has 36 heavy (non-hydrogen) atoms. The molecule has 0 saturated heterocycles. The summed E-state index contributed by atoms with van der Waals surface area (Å²) in [6.45, 7) is 0.638. The van der Waals surface area contributed by atoms with E-state index in [-0.39, 0.29) is 40.0 Å². The van der Waals surface area contributed by atoms with Crippen molar-refractivity contribution in [3.63, 3.8) is 0 Å². The highest BCUT2D eigenvalue weighted by molar-refractivity contribution is 6.45. The van der Waals surface area contributed by atoms with Crippen LogP contribution in [-0.4, -0.2) is 65.6 Å². The molecule has 0 spiro atoms. The Hall–Kier alpha value is -3.23. The predicted octanol–water partition coefficient (Wildman–Crippen LogP) is 4.40. The van der Waals surface area contributed by atoms with E-state index in [0.29, 0.717) is 17.4 Å². The van der Waals surface area contributed by atoms with Gasteiger partial charge in [0.2, 0.25) is 0 Å². The number of fused-ring (bicyclic) bond motifs is 1. The maximum absolute atomic E-state index is 13.4. The minimum absolute atomic E-state index is 0.0916. The molecule has 2 amide bonds. The number of carbonyl (C=O) groups excluding carboxylic acids is 3. The number of aromatic amines is 1. The van der Waals surface area contributed by atoms with Gasteiger partial charge in [0, 0.05) is 49.8 Å². The van der Waals surface area contributed by atoms with Gasteiger partial charge in [-0.25, -0.2) is 4.39 Å². The van der Waals surface area contributed by atoms with Crippen molar-refractivity contribution in [2.45, 2.75) is 44.3 Å². The molecule has 4 rings (SSSR count). The minimum atomic E-state index is -0.658. The third kappa shape index (κ3) is 5.44. The lowest BCUT2D eigenvalue weighted by atomic mass is 9.88. The van der Waals surface area contributed by atoms with Crippen LogP contribution in [0.2, 0.25) is 5.02 Å². The highest BCUT2D eigenvalue weighted by Gasteiger charge is 2.31. The van der Waals surface area contributed by atoms with Crippen LogP contribution in [0.25, 0.3) is 10.9 Å². The number of benzene rings is 2. The van der Waals surface area contributed by atoms with Gasteiger partial charge in [-0.1, -0.05) is 36.6 Å². The molecule has 190 valence electrons. The summed E-state index contributed by atoms with van der Waals surface area (Å²) in [5.74, 6) is -1.90. The van der Waals surface area contributed by atoms with Gasteiger partial charge in [-0.2, -0.15) is 0 Å². The fraction of sp³-hybridized carbons (Fsp3) is 0.370. The molecule has 2 aromatic carbocycles. The standard InChI is InChI=1S/C27H30ClFN4O3/c1-32(2)27(36)25(34)20-14-30-23-13-21(28)19(12-18(20)23)26(35)31-22-6-4-5-7-24(22)33(3)15-16-8-10-17(29)11-9-16/h8-14,22,24,30H,4-7,15H2,1-3H3,(H,31,35). The molecule has 0 aliphatic heterocycles. The van der Waals surface area contributed by atoms with Gasteiger partial charge < -0.3 is 15.2 Å². The van der Waals surface area contributed by atoms with Crippen molar-refractivity contribution in [3.8, 4) is 0 Å². The average molecular weight is 513 g/mol. The van der Waals surface area contributed by atoms with Crippen LogP contribution >= 0.6 is 11.6 Å². The van der Waals surface area contributed by atoms with Crippen LogP contribution < -0.4 is 5.32 Å². The minimum Gasteiger partial charge on any atom is -0.360 e. The first-order valence-electron chi connectivity index (χ1n) is 12.0. The van der Waals surface area contributed by atoms with E-state index in [9.17, 15) is 18.8 Å². The predicted molar refractivity (Wildman–Crippen MR) is 138 cm³/mol. The van der Waals surface area contributed by atoms with Crippen molar-refractivity contribution in [2.75, 3.05) is 21.1 Å². The number of rotatable bonds is 7. The van der Waals surface area contributed by atoms with Crippen LogP contribution in [0.5, 0.6) is 0 Å². The number of aromatic nitrogens is 1. The Labute approximate surface area is 214 Å². The van der Waals surface area contributed by atoms with Gasteiger partial charge in [-0.15, -0.1) is 0 Å². The van der Waals surface area contributed by atoms with Crippen LogP contribution in [0.1, 0.15) is 52.0 Å². The van der Waals surface area contributed by atoms with Gasteiger partial charge in [0.1, 0.15) is 5.82 Å². The first-order valence-corrected chi connectivity index (χ1v) is 12.4. The quantitative estimate of drug-likeness (QED) is 0.363. The molecule has 1 aromatic heterocycles. The molecule has 7 nitrogen and oxygen atoms in total. The Balaban J connectivity index is 1.55. The number of hydrogen-bond donors (Lipinski definition) is 2. The van der Waals surface area contributed by atoms with E-state index < -0.39 is 11.7 Å². The number of halogens is 2. The number of ketones is 1. The summed E-state index contributed by atoms with van der Waals surface area (Å²) < 4.78 is 13.3. The van der Waals surface area contributed by atoms with E-state index in [1.54, 1.807) is 24.3 Å². The largest absolute Gasteiger partial charge is 0.360 e. The fourth-order valence-corrected chi connectivity index (χ4v) is 5.12. The second kappa shape index (κ2) is 10.8. The maximum Gasteiger partial charge on any atom is 0.294 e. The third-order valence-electron chi connectivity index (χ3n) is 6.82. The second-order valence-electron chi connectivity index (χ2n) is 9.58. The summed E-state index contributed by atoms with van der Waals surface area (Å²) in [5, 5.41) is 3.88. The van der Waals surface area contributed by atoms with Crippen LogP contribution in [0.4, 0.5) is 4.39 Å². The van der Waals surface area contributed by atoms with Crippen molar-refractivity contribution in [2.24, 2.45) is 0 Å². The molecule has 0 radical (unpaired) electrons. The van der Waals surface area contributed by atoms with Crippen LogP contribution in [0.3, 0.4) is 0 Å². The fourth-order valence-electron chi connectivity index (χ4n) is 4.87. The summed E-state index contributed by atoms with van der Waals surface area (Å²) >= 11 is 6.45. The van der Waals surface area contributed by atoms with Crippen molar-refractivity contribution >= 4 is 40.1 Å². The molecule has 2 atom stereocenters. The Morgan fingerprint density at radius 2 is 1.75 bits per heavy atom. The Morgan fingerprint density at radius 3 is 2.44 bits per heavy atom. The van der Waals surface area contributed by atoms with Gasteiger partial charge in [0.15, 0.2) is 0 Å². The molecule has 3 aromatic rings. The molecule has 9 heteroatoms. The number of hydrogen-bond acceptors (Lipinski definition) is 4. The second-order valence-corrected chi connectivity index (χ2v) is 9.99. The first kappa shape index (κ1) is 25.9. The molecule has 1 aliphatic rings. The van der Waals surface area contributed by atoms with Crippen LogP contribution in [0.15, 0.2) is 42.6 Å². The zero-order valence-electron chi connectivity index (χ0n) is 20.6. The molecule has 1 heterocycles. The summed E-state index contributed by atoms with van der Waals surface area (Å²) in [5.41, 5.74) is 2.02. The van der Waals surface area contributed by atoms with E-state index in [1.165, 1.54) is 37.3 Å². The Kier molecular flexibility index (Phi) is 7.76. The normalized spacial score (nSPS) is 17.8. The van der Waals surface area contributed by atoms with E-state index >= 15 is 0 Å². The van der Waals surface area contributed by atoms with Crippen LogP contribution in [-0.2, 0) is 11.3 Å². The first-order chi connectivity index (χ1) is 17.2. The highest BCUT2D eigenvalue weighted by Crippen LogP contribution is 2.29. The van der Waals surface area contributed by atoms with Crippen LogP contribution in [0, 0.1) is 5.82 Å². The molecule has 1 aliphatic carbocycles. The lowest BCUT2D eigenvalue weighted by molar-refractivity contribution is -0.124. The number of nitrogens with one attached hydrogen (secondary N) is 2. The Morgan fingerprint density at radius 1 is 1.06 bits per heavy atom. The third-order valence-corrected chi connectivity index (χ3v) is 7.13. The molecule has 2 unspecified atom stereocenters. The number of likely N-dealkylation sites (N-methyl/N-ethyl adjacent to an activating group) is 2. The molecular weight excluding hydrogens is 483 g/mol. The summed E-state index contributed by atoms with van der Waals surface area (Å²) in [4.78, 5) is 44.6. The number of H-pyrrole nitrogens is 1. The van der Waals surface area contributed by atoms with E-state index in [2.05, 4.69) is 15.2 Å². The van der Waals surface area contributed by atoms with Crippen molar-refractivity contribution < 1.29 is 18.8 Å². The number of nitrogens with zero attached hydrogens (tertiary/aromatic N) is 2. The van der Waals surface area contributed by atoms with Crippen molar-refractivity contribution in [3.05, 3.63) is 70.1 Å². The molecule has 1 saturated carbocycles. The Bertz CT molecular complexity index is 1290.